The highest BCUT2D eigenvalue weighted by Crippen LogP contribution is 2.31. The summed E-state index contributed by atoms with van der Waals surface area (Å²) >= 11 is 0. The van der Waals surface area contributed by atoms with E-state index < -0.39 is 12.0 Å². The monoisotopic (exact) mass is 477 g/mol. The fraction of sp³-hybridized carbons (Fsp3) is 0.360. The molecule has 2 aromatic heterocycles. The molecule has 1 fully saturated rings. The van der Waals surface area contributed by atoms with Gasteiger partial charge in [-0.15, -0.1) is 0 Å². The summed E-state index contributed by atoms with van der Waals surface area (Å²) in [5.41, 5.74) is 7.16. The third-order valence-corrected chi connectivity index (χ3v) is 6.14. The number of nitrogens with one attached hydrogen (secondary N) is 2. The fourth-order valence-electron chi connectivity index (χ4n) is 3.87. The van der Waals surface area contributed by atoms with Gasteiger partial charge in [-0.3, -0.25) is 20.4 Å². The molecule has 1 aromatic carbocycles. The molecule has 2 amide bonds. The SMILES string of the molecule is Cc1cccc(OC(C)C(=O)NNC(=O)C2CCN(c3oc(-c4ccco4)nc3C#N)CC2)c1C. The van der Waals surface area contributed by atoms with Crippen LogP contribution >= 0.6 is 0 Å². The van der Waals surface area contributed by atoms with Gasteiger partial charge in [0.1, 0.15) is 11.8 Å². The van der Waals surface area contributed by atoms with Crippen molar-refractivity contribution in [2.75, 3.05) is 18.0 Å². The zero-order valence-electron chi connectivity index (χ0n) is 19.8. The van der Waals surface area contributed by atoms with Crippen LogP contribution < -0.4 is 20.5 Å². The van der Waals surface area contributed by atoms with Crippen LogP contribution in [0.2, 0.25) is 0 Å². The number of hydrogen-bond donors (Lipinski definition) is 2. The molecule has 4 rings (SSSR count). The molecule has 10 nitrogen and oxygen atoms in total. The van der Waals surface area contributed by atoms with Gasteiger partial charge in [0.2, 0.25) is 17.5 Å². The van der Waals surface area contributed by atoms with E-state index in [0.717, 1.165) is 11.1 Å². The second-order valence-electron chi connectivity index (χ2n) is 8.46. The number of aryl methyl sites for hydroxylation is 1. The molecule has 0 radical (unpaired) electrons. The molecule has 0 bridgehead atoms. The van der Waals surface area contributed by atoms with Gasteiger partial charge >= 0.3 is 0 Å². The zero-order valence-corrected chi connectivity index (χ0v) is 19.8. The van der Waals surface area contributed by atoms with Crippen molar-refractivity contribution in [1.29, 1.82) is 5.26 Å². The zero-order chi connectivity index (χ0) is 24.9. The minimum atomic E-state index is -0.781. The molecule has 3 heterocycles. The summed E-state index contributed by atoms with van der Waals surface area (Å²) in [6.45, 7) is 6.53. The Bertz CT molecular complexity index is 1240. The molecule has 3 aromatic rings. The molecule has 1 aliphatic rings. The predicted octanol–water partition coefficient (Wildman–Crippen LogP) is 3.25. The molecular formula is C25H27N5O5. The highest BCUT2D eigenvalue weighted by atomic mass is 16.5. The summed E-state index contributed by atoms with van der Waals surface area (Å²) in [5, 5.41) is 9.44. The molecule has 1 saturated heterocycles. The smallest absolute Gasteiger partial charge is 0.279 e. The van der Waals surface area contributed by atoms with E-state index >= 15 is 0 Å². The molecule has 1 atom stereocenters. The van der Waals surface area contributed by atoms with Crippen LogP contribution in [0.4, 0.5) is 5.88 Å². The first-order valence-electron chi connectivity index (χ1n) is 11.4. The Morgan fingerprint density at radius 1 is 1.20 bits per heavy atom. The lowest BCUT2D eigenvalue weighted by Crippen LogP contribution is -2.50. The minimum Gasteiger partial charge on any atom is -0.481 e. The summed E-state index contributed by atoms with van der Waals surface area (Å²) < 4.78 is 16.8. The van der Waals surface area contributed by atoms with Gasteiger partial charge in [0.25, 0.3) is 11.8 Å². The number of carbonyl (C=O) groups excluding carboxylic acids is 2. The third kappa shape index (κ3) is 5.30. The van der Waals surface area contributed by atoms with Crippen LogP contribution in [-0.2, 0) is 9.59 Å². The number of hydrazine groups is 1. The van der Waals surface area contributed by atoms with Crippen molar-refractivity contribution >= 4 is 17.7 Å². The highest BCUT2D eigenvalue weighted by molar-refractivity contribution is 5.85. The van der Waals surface area contributed by atoms with Crippen molar-refractivity contribution < 1.29 is 23.2 Å². The molecule has 10 heteroatoms. The lowest BCUT2D eigenvalue weighted by molar-refractivity contribution is -0.134. The van der Waals surface area contributed by atoms with Crippen molar-refractivity contribution in [2.45, 2.75) is 39.7 Å². The second-order valence-corrected chi connectivity index (χ2v) is 8.46. The van der Waals surface area contributed by atoms with Crippen LogP contribution in [0.25, 0.3) is 11.7 Å². The Balaban J connectivity index is 1.28. The first kappa shape index (κ1) is 23.9. The van der Waals surface area contributed by atoms with Gasteiger partial charge in [-0.1, -0.05) is 12.1 Å². The molecule has 0 aliphatic carbocycles. The number of anilines is 1. The number of hydrogen-bond acceptors (Lipinski definition) is 8. The third-order valence-electron chi connectivity index (χ3n) is 6.14. The van der Waals surface area contributed by atoms with Gasteiger partial charge in [-0.05, 0) is 62.9 Å². The van der Waals surface area contributed by atoms with Gasteiger partial charge in [-0.2, -0.15) is 10.2 Å². The van der Waals surface area contributed by atoms with Crippen molar-refractivity contribution in [3.05, 3.63) is 53.4 Å². The molecule has 0 spiro atoms. The average molecular weight is 478 g/mol. The van der Waals surface area contributed by atoms with E-state index in [-0.39, 0.29) is 23.4 Å². The number of nitriles is 1. The number of carbonyl (C=O) groups is 2. The van der Waals surface area contributed by atoms with Crippen molar-refractivity contribution in [3.8, 4) is 23.5 Å². The van der Waals surface area contributed by atoms with Crippen LogP contribution in [-0.4, -0.2) is 36.0 Å². The quantitative estimate of drug-likeness (QED) is 0.517. The normalized spacial score (nSPS) is 14.7. The molecule has 1 aliphatic heterocycles. The summed E-state index contributed by atoms with van der Waals surface area (Å²) in [7, 11) is 0. The van der Waals surface area contributed by atoms with E-state index in [1.165, 1.54) is 6.26 Å². The lowest BCUT2D eigenvalue weighted by Gasteiger charge is -2.31. The number of rotatable bonds is 6. The average Bonchev–Trinajstić information content (AvgIpc) is 3.55. The summed E-state index contributed by atoms with van der Waals surface area (Å²) in [4.78, 5) is 31.1. The number of nitrogens with zero attached hydrogens (tertiary/aromatic N) is 3. The molecular weight excluding hydrogens is 450 g/mol. The molecule has 182 valence electrons. The topological polar surface area (TPSA) is 134 Å². The van der Waals surface area contributed by atoms with Gasteiger partial charge in [-0.25, -0.2) is 0 Å². The minimum absolute atomic E-state index is 0.171. The number of oxazole rings is 1. The first-order valence-corrected chi connectivity index (χ1v) is 11.4. The van der Waals surface area contributed by atoms with Gasteiger partial charge < -0.3 is 18.5 Å². The number of ether oxygens (including phenoxy) is 1. The highest BCUT2D eigenvalue weighted by Gasteiger charge is 2.30. The maximum Gasteiger partial charge on any atom is 0.279 e. The van der Waals surface area contributed by atoms with Crippen molar-refractivity contribution in [1.82, 2.24) is 15.8 Å². The number of amides is 2. The van der Waals surface area contributed by atoms with Crippen LogP contribution in [0.3, 0.4) is 0 Å². The second kappa shape index (κ2) is 10.3. The molecule has 35 heavy (non-hydrogen) atoms. The van der Waals surface area contributed by atoms with E-state index in [1.54, 1.807) is 19.1 Å². The maximum atomic E-state index is 12.6. The summed E-state index contributed by atoms with van der Waals surface area (Å²) in [6.07, 6.45) is 1.78. The molecule has 1 unspecified atom stereocenters. The number of benzene rings is 1. The van der Waals surface area contributed by atoms with Crippen LogP contribution in [0.15, 0.2) is 45.4 Å². The standard InChI is InChI=1S/C25H27N5O5/c1-15-6-4-7-20(16(15)2)34-17(3)22(31)28-29-23(32)18-9-11-30(12-10-18)25-19(14-26)27-24(35-25)21-8-5-13-33-21/h4-8,13,17-18H,9-12H2,1-3H3,(H,28,31)(H,29,32). The Kier molecular flexibility index (Phi) is 7.06. The molecule has 2 N–H and O–H groups in total. The van der Waals surface area contributed by atoms with Crippen LogP contribution in [0, 0.1) is 31.1 Å². The Morgan fingerprint density at radius 3 is 2.66 bits per heavy atom. The first-order chi connectivity index (χ1) is 16.9. The van der Waals surface area contributed by atoms with Gasteiger partial charge in [0.15, 0.2) is 11.9 Å². The predicted molar refractivity (Wildman–Crippen MR) is 126 cm³/mol. The fourth-order valence-corrected chi connectivity index (χ4v) is 3.87. The van der Waals surface area contributed by atoms with Crippen molar-refractivity contribution in [3.63, 3.8) is 0 Å². The largest absolute Gasteiger partial charge is 0.481 e. The van der Waals surface area contributed by atoms with Gasteiger partial charge in [0.05, 0.1) is 6.26 Å². The lowest BCUT2D eigenvalue weighted by atomic mass is 9.96. The van der Waals surface area contributed by atoms with E-state index in [1.807, 2.05) is 43.0 Å². The Morgan fingerprint density at radius 2 is 1.97 bits per heavy atom. The summed E-state index contributed by atoms with van der Waals surface area (Å²) in [6, 6.07) is 11.1. The summed E-state index contributed by atoms with van der Waals surface area (Å²) in [5.74, 6) is 0.664. The van der Waals surface area contributed by atoms with Gasteiger partial charge in [0, 0.05) is 19.0 Å². The van der Waals surface area contributed by atoms with E-state index in [4.69, 9.17) is 13.6 Å². The van der Waals surface area contributed by atoms with E-state index in [9.17, 15) is 14.9 Å². The van der Waals surface area contributed by atoms with E-state index in [2.05, 4.69) is 15.8 Å². The Hall–Kier alpha value is -4.26. The van der Waals surface area contributed by atoms with E-state index in [0.29, 0.717) is 43.3 Å². The van der Waals surface area contributed by atoms with Crippen LogP contribution in [0.5, 0.6) is 5.75 Å². The number of aromatic nitrogens is 1. The Labute approximate surface area is 202 Å². The van der Waals surface area contributed by atoms with Crippen LogP contribution in [0.1, 0.15) is 36.6 Å². The number of piperidine rings is 1. The van der Waals surface area contributed by atoms with Crippen molar-refractivity contribution in [2.24, 2.45) is 5.92 Å². The number of furan rings is 1. The maximum absolute atomic E-state index is 12.6. The molecule has 0 saturated carbocycles.